The van der Waals surface area contributed by atoms with Crippen LogP contribution in [-0.2, 0) is 16.0 Å². The zero-order chi connectivity index (χ0) is 13.0. The summed E-state index contributed by atoms with van der Waals surface area (Å²) in [6.45, 7) is 1.47. The Balaban J connectivity index is 2.73. The maximum Gasteiger partial charge on any atom is 0.326 e. The van der Waals surface area contributed by atoms with Gasteiger partial charge in [-0.2, -0.15) is 0 Å². The average Bonchev–Trinajstić information content (AvgIpc) is 2.30. The zero-order valence-corrected chi connectivity index (χ0v) is 10.4. The number of hydrogen-bond acceptors (Lipinski definition) is 2. The molecule has 4 nitrogen and oxygen atoms in total. The molecule has 1 aromatic rings. The first-order chi connectivity index (χ1) is 7.93. The number of nitrogens with zero attached hydrogens (tertiary/aromatic N) is 1. The summed E-state index contributed by atoms with van der Waals surface area (Å²) in [5.41, 5.74) is 0.698. The highest BCUT2D eigenvalue weighted by molar-refractivity contribution is 6.31. The van der Waals surface area contributed by atoms with E-state index < -0.39 is 12.0 Å². The average molecular weight is 256 g/mol. The first kappa shape index (κ1) is 13.5. The third-order valence-corrected chi connectivity index (χ3v) is 3.00. The summed E-state index contributed by atoms with van der Waals surface area (Å²) in [6, 6.07) is 6.17. The van der Waals surface area contributed by atoms with Crippen LogP contribution in [0.2, 0.25) is 5.02 Å². The molecule has 0 fully saturated rings. The van der Waals surface area contributed by atoms with Crippen LogP contribution >= 0.6 is 11.6 Å². The number of likely N-dealkylation sites (N-methyl/N-ethyl adjacent to an activating group) is 1. The molecule has 1 rings (SSSR count). The van der Waals surface area contributed by atoms with E-state index in [9.17, 15) is 9.59 Å². The van der Waals surface area contributed by atoms with Gasteiger partial charge in [0.1, 0.15) is 6.04 Å². The molecule has 1 N–H and O–H groups in total. The molecule has 17 heavy (non-hydrogen) atoms. The van der Waals surface area contributed by atoms with Crippen molar-refractivity contribution in [3.63, 3.8) is 0 Å². The van der Waals surface area contributed by atoms with Crippen molar-refractivity contribution in [1.82, 2.24) is 4.90 Å². The number of aliphatic carboxylic acids is 1. The summed E-state index contributed by atoms with van der Waals surface area (Å²) in [4.78, 5) is 23.8. The lowest BCUT2D eigenvalue weighted by Gasteiger charge is -2.21. The maximum absolute atomic E-state index is 11.8. The molecule has 0 aliphatic heterocycles. The number of carboxylic acid groups (broad SMARTS) is 1. The molecule has 1 aromatic carbocycles. The maximum atomic E-state index is 11.8. The van der Waals surface area contributed by atoms with Crippen LogP contribution in [0.25, 0.3) is 0 Å². The standard InChI is InChI=1S/C12H14ClNO3/c1-8(12(16)17)14(2)11(15)7-9-5-3-4-6-10(9)13/h3-6,8H,7H2,1-2H3,(H,16,17). The lowest BCUT2D eigenvalue weighted by atomic mass is 10.1. The molecule has 0 saturated heterocycles. The Kier molecular flexibility index (Phi) is 4.52. The van der Waals surface area contributed by atoms with Gasteiger partial charge in [-0.25, -0.2) is 4.79 Å². The van der Waals surface area contributed by atoms with Crippen LogP contribution in [0.3, 0.4) is 0 Å². The van der Waals surface area contributed by atoms with Gasteiger partial charge >= 0.3 is 5.97 Å². The van der Waals surface area contributed by atoms with Crippen molar-refractivity contribution in [2.24, 2.45) is 0 Å². The molecule has 1 atom stereocenters. The van der Waals surface area contributed by atoms with Crippen molar-refractivity contribution in [2.75, 3.05) is 7.05 Å². The summed E-state index contributed by atoms with van der Waals surface area (Å²) >= 11 is 5.93. The number of carboxylic acids is 1. The third kappa shape index (κ3) is 3.46. The number of carbonyl (C=O) groups excluding carboxylic acids is 1. The van der Waals surface area contributed by atoms with E-state index in [1.54, 1.807) is 24.3 Å². The molecule has 5 heteroatoms. The Morgan fingerprint density at radius 1 is 1.41 bits per heavy atom. The largest absolute Gasteiger partial charge is 0.480 e. The Morgan fingerprint density at radius 3 is 2.53 bits per heavy atom. The zero-order valence-electron chi connectivity index (χ0n) is 9.68. The van der Waals surface area contributed by atoms with Crippen molar-refractivity contribution in [2.45, 2.75) is 19.4 Å². The molecule has 1 amide bonds. The highest BCUT2D eigenvalue weighted by Gasteiger charge is 2.21. The smallest absolute Gasteiger partial charge is 0.326 e. The summed E-state index contributed by atoms with van der Waals surface area (Å²) in [5.74, 6) is -1.30. The predicted octanol–water partition coefficient (Wildman–Crippen LogP) is 1.81. The number of benzene rings is 1. The molecule has 0 bridgehead atoms. The molecule has 0 aromatic heterocycles. The van der Waals surface area contributed by atoms with Crippen molar-refractivity contribution in [1.29, 1.82) is 0 Å². The Labute approximate surface area is 105 Å². The normalized spacial score (nSPS) is 11.9. The van der Waals surface area contributed by atoms with Crippen molar-refractivity contribution in [3.05, 3.63) is 34.9 Å². The summed E-state index contributed by atoms with van der Waals surface area (Å²) < 4.78 is 0. The molecular weight excluding hydrogens is 242 g/mol. The molecule has 0 aliphatic rings. The lowest BCUT2D eigenvalue weighted by Crippen LogP contribution is -2.41. The molecule has 1 unspecified atom stereocenters. The predicted molar refractivity (Wildman–Crippen MR) is 65.0 cm³/mol. The Bertz CT molecular complexity index is 434. The molecule has 0 radical (unpaired) electrons. The Morgan fingerprint density at radius 2 is 2.00 bits per heavy atom. The molecule has 92 valence electrons. The van der Waals surface area contributed by atoms with Crippen molar-refractivity contribution in [3.8, 4) is 0 Å². The van der Waals surface area contributed by atoms with Crippen LogP contribution in [0.4, 0.5) is 0 Å². The number of halogens is 1. The van der Waals surface area contributed by atoms with Crippen LogP contribution < -0.4 is 0 Å². The third-order valence-electron chi connectivity index (χ3n) is 2.63. The summed E-state index contributed by atoms with van der Waals surface area (Å²) in [6.07, 6.45) is 0.105. The topological polar surface area (TPSA) is 57.6 Å². The van der Waals surface area contributed by atoms with E-state index in [0.717, 1.165) is 0 Å². The minimum atomic E-state index is -1.03. The summed E-state index contributed by atoms with van der Waals surface area (Å²) in [7, 11) is 1.47. The quantitative estimate of drug-likeness (QED) is 0.893. The van der Waals surface area contributed by atoms with E-state index in [1.165, 1.54) is 18.9 Å². The molecular formula is C12H14ClNO3. The van der Waals surface area contributed by atoms with Crippen molar-refractivity contribution < 1.29 is 14.7 Å². The number of hydrogen-bond donors (Lipinski definition) is 1. The van der Waals surface area contributed by atoms with E-state index in [2.05, 4.69) is 0 Å². The molecule has 0 aliphatic carbocycles. The van der Waals surface area contributed by atoms with Gasteiger partial charge in [-0.05, 0) is 18.6 Å². The second kappa shape index (κ2) is 5.68. The lowest BCUT2D eigenvalue weighted by molar-refractivity contribution is -0.147. The highest BCUT2D eigenvalue weighted by atomic mass is 35.5. The minimum Gasteiger partial charge on any atom is -0.480 e. The number of rotatable bonds is 4. The van der Waals surface area contributed by atoms with Gasteiger partial charge in [0.05, 0.1) is 6.42 Å². The monoisotopic (exact) mass is 255 g/mol. The number of amides is 1. The van der Waals surface area contributed by atoms with E-state index in [-0.39, 0.29) is 12.3 Å². The molecule has 0 spiro atoms. The van der Waals surface area contributed by atoms with Gasteiger partial charge in [-0.1, -0.05) is 29.8 Å². The molecule has 0 saturated carbocycles. The van der Waals surface area contributed by atoms with Crippen LogP contribution in [0.1, 0.15) is 12.5 Å². The second-order valence-electron chi connectivity index (χ2n) is 3.79. The first-order valence-corrected chi connectivity index (χ1v) is 5.53. The fraction of sp³-hybridized carbons (Fsp3) is 0.333. The highest BCUT2D eigenvalue weighted by Crippen LogP contribution is 2.16. The van der Waals surface area contributed by atoms with E-state index in [0.29, 0.717) is 10.6 Å². The first-order valence-electron chi connectivity index (χ1n) is 5.15. The van der Waals surface area contributed by atoms with Gasteiger partial charge < -0.3 is 10.0 Å². The van der Waals surface area contributed by atoms with Gasteiger partial charge in [0.2, 0.25) is 5.91 Å². The SMILES string of the molecule is CC(C(=O)O)N(C)C(=O)Cc1ccccc1Cl. The molecule has 0 heterocycles. The van der Waals surface area contributed by atoms with Gasteiger partial charge in [0.25, 0.3) is 0 Å². The van der Waals surface area contributed by atoms with E-state index >= 15 is 0 Å². The van der Waals surface area contributed by atoms with Gasteiger partial charge in [0, 0.05) is 12.1 Å². The number of carbonyl (C=O) groups is 2. The van der Waals surface area contributed by atoms with Gasteiger partial charge in [0.15, 0.2) is 0 Å². The van der Waals surface area contributed by atoms with E-state index in [1.807, 2.05) is 0 Å². The second-order valence-corrected chi connectivity index (χ2v) is 4.19. The van der Waals surface area contributed by atoms with Crippen LogP contribution in [0, 0.1) is 0 Å². The minimum absolute atomic E-state index is 0.105. The summed E-state index contributed by atoms with van der Waals surface area (Å²) in [5, 5.41) is 9.31. The van der Waals surface area contributed by atoms with E-state index in [4.69, 9.17) is 16.7 Å². The van der Waals surface area contributed by atoms with Crippen LogP contribution in [0.15, 0.2) is 24.3 Å². The van der Waals surface area contributed by atoms with Gasteiger partial charge in [-0.3, -0.25) is 4.79 Å². The van der Waals surface area contributed by atoms with Gasteiger partial charge in [-0.15, -0.1) is 0 Å². The van der Waals surface area contributed by atoms with Crippen LogP contribution in [-0.4, -0.2) is 35.0 Å². The fourth-order valence-corrected chi connectivity index (χ4v) is 1.51. The van der Waals surface area contributed by atoms with Crippen LogP contribution in [0.5, 0.6) is 0 Å². The fourth-order valence-electron chi connectivity index (χ4n) is 1.31. The van der Waals surface area contributed by atoms with Crippen molar-refractivity contribution >= 4 is 23.5 Å². The Hall–Kier alpha value is -1.55.